The highest BCUT2D eigenvalue weighted by Gasteiger charge is 2.54. The monoisotopic (exact) mass is 805 g/mol. The first-order valence-electron chi connectivity index (χ1n) is 16.3. The smallest absolute Gasteiger partial charge is 0.350 e. The van der Waals surface area contributed by atoms with Crippen LogP contribution in [0.3, 0.4) is 0 Å². The van der Waals surface area contributed by atoms with Crippen LogP contribution in [-0.2, 0) is 25.8 Å². The van der Waals surface area contributed by atoms with E-state index in [1.54, 1.807) is 17.2 Å². The third-order valence-electron chi connectivity index (χ3n) is 8.90. The number of para-hydroxylation sites is 1. The number of H-pyrrole nitrogens is 1. The van der Waals surface area contributed by atoms with Crippen LogP contribution in [0.1, 0.15) is 42.1 Å². The lowest BCUT2D eigenvalue weighted by atomic mass is 9.89. The largest absolute Gasteiger partial charge is 0.504 e. The molecule has 1 fully saturated rings. The van der Waals surface area contributed by atoms with E-state index in [-0.39, 0.29) is 51.8 Å². The Morgan fingerprint density at radius 1 is 1.20 bits per heavy atom. The molecule has 3 aromatic heterocycles. The Balaban J connectivity index is 1.16. The van der Waals surface area contributed by atoms with Crippen LogP contribution in [0.2, 0.25) is 5.02 Å². The SMILES string of the molecule is CC(C)(O/N=C(\C(=O)C[C@@H]1C(=O)N2C(c3nn[nH]n3)=C(C[n+]3ccc(NC(=O)c4ccc(O)c(O)c4Cl)c4ccccc43)CS[C@H]12)c1csc(N)n1)C(=O)O. The van der Waals surface area contributed by atoms with Gasteiger partial charge in [0.25, 0.3) is 5.91 Å². The Bertz CT molecular complexity index is 2450. The number of carbonyl (C=O) groups is 4. The van der Waals surface area contributed by atoms with Gasteiger partial charge in [0, 0.05) is 35.3 Å². The number of benzene rings is 2. The van der Waals surface area contributed by atoms with Crippen LogP contribution in [0.5, 0.6) is 11.5 Å². The molecule has 55 heavy (non-hydrogen) atoms. The third kappa shape index (κ3) is 7.01. The average Bonchev–Trinajstić information content (AvgIpc) is 3.86. The van der Waals surface area contributed by atoms with Crippen LogP contribution in [0, 0.1) is 5.92 Å². The number of hydrogen-bond acceptors (Lipinski definition) is 15. The number of nitrogen functional groups attached to an aromatic ring is 1. The number of oxime groups is 1. The summed E-state index contributed by atoms with van der Waals surface area (Å²) in [5.41, 5.74) is 6.26. The molecule has 0 saturated carbocycles. The van der Waals surface area contributed by atoms with Crippen molar-refractivity contribution in [1.29, 1.82) is 0 Å². The second-order valence-corrected chi connectivity index (χ2v) is 15.2. The number of β-lactam (4-membered cyclic amide) rings is 1. The zero-order valence-electron chi connectivity index (χ0n) is 28.8. The number of aromatic nitrogens is 6. The minimum absolute atomic E-state index is 0.0347. The van der Waals surface area contributed by atoms with Gasteiger partial charge in [0.2, 0.25) is 22.8 Å². The van der Waals surface area contributed by atoms with E-state index in [9.17, 15) is 34.5 Å². The summed E-state index contributed by atoms with van der Waals surface area (Å²) in [5.74, 6) is -4.07. The lowest BCUT2D eigenvalue weighted by molar-refractivity contribution is -0.662. The first-order chi connectivity index (χ1) is 26.2. The third-order valence-corrected chi connectivity index (χ3v) is 11.4. The first-order valence-corrected chi connectivity index (χ1v) is 18.6. The van der Waals surface area contributed by atoms with Gasteiger partial charge in [0.1, 0.15) is 5.69 Å². The van der Waals surface area contributed by atoms with Gasteiger partial charge in [-0.15, -0.1) is 33.3 Å². The highest BCUT2D eigenvalue weighted by atomic mass is 35.5. The van der Waals surface area contributed by atoms with Crippen LogP contribution in [-0.4, -0.2) is 91.8 Å². The van der Waals surface area contributed by atoms with Gasteiger partial charge in [-0.25, -0.2) is 9.78 Å². The topological polar surface area (TPSA) is 263 Å². The number of carbonyl (C=O) groups excluding carboxylic acids is 3. The molecule has 2 amide bonds. The predicted octanol–water partition coefficient (Wildman–Crippen LogP) is 3.18. The normalized spacial score (nSPS) is 17.2. The number of carboxylic acid groups (broad SMARTS) is 1. The number of phenolic OH excluding ortho intramolecular Hbond substituents is 2. The quantitative estimate of drug-likeness (QED) is 0.0348. The molecule has 2 aliphatic heterocycles. The number of Topliss-reactive ketones (excluding diaryl/α,β-unsaturated/α-hetero) is 1. The number of anilines is 2. The van der Waals surface area contributed by atoms with Gasteiger partial charge in [-0.1, -0.05) is 28.9 Å². The van der Waals surface area contributed by atoms with Crippen LogP contribution in [0.25, 0.3) is 16.6 Å². The summed E-state index contributed by atoms with van der Waals surface area (Å²) < 4.78 is 1.94. The number of thiazole rings is 1. The average molecular weight is 806 g/mol. The highest BCUT2D eigenvalue weighted by molar-refractivity contribution is 8.00. The second-order valence-electron chi connectivity index (χ2n) is 12.9. The fraction of sp³-hybridized carbons (Fsp3) is 0.235. The number of thioether (sulfide) groups is 1. The maximum atomic E-state index is 13.9. The zero-order valence-corrected chi connectivity index (χ0v) is 31.1. The van der Waals surface area contributed by atoms with E-state index in [4.69, 9.17) is 22.2 Å². The Hall–Kier alpha value is -6.12. The molecule has 2 aliphatic rings. The maximum absolute atomic E-state index is 13.9. The van der Waals surface area contributed by atoms with E-state index in [0.29, 0.717) is 22.5 Å². The number of halogens is 1. The number of pyridine rings is 1. The molecular weight excluding hydrogens is 776 g/mol. The Kier molecular flexibility index (Phi) is 9.88. The van der Waals surface area contributed by atoms with E-state index < -0.39 is 46.1 Å². The number of ketones is 1. The number of aliphatic carboxylic acids is 1. The summed E-state index contributed by atoms with van der Waals surface area (Å²) in [6.07, 6.45) is 1.50. The Morgan fingerprint density at radius 3 is 2.69 bits per heavy atom. The van der Waals surface area contributed by atoms with Gasteiger partial charge in [-0.2, -0.15) is 9.78 Å². The molecule has 18 nitrogen and oxygen atoms in total. The summed E-state index contributed by atoms with van der Waals surface area (Å²) in [6, 6.07) is 11.5. The summed E-state index contributed by atoms with van der Waals surface area (Å²) in [4.78, 5) is 63.3. The molecule has 2 atom stereocenters. The second kappa shape index (κ2) is 14.6. The zero-order chi connectivity index (χ0) is 39.2. The molecule has 21 heteroatoms. The van der Waals surface area contributed by atoms with Crippen LogP contribution >= 0.6 is 34.7 Å². The van der Waals surface area contributed by atoms with E-state index in [0.717, 1.165) is 22.4 Å². The fourth-order valence-electron chi connectivity index (χ4n) is 6.00. The number of nitrogens with zero attached hydrogens (tertiary/aromatic N) is 7. The number of amides is 2. The van der Waals surface area contributed by atoms with Crippen molar-refractivity contribution in [3.63, 3.8) is 0 Å². The first kappa shape index (κ1) is 37.2. The Morgan fingerprint density at radius 2 is 1.98 bits per heavy atom. The number of nitrogens with two attached hydrogens (primary N) is 1. The van der Waals surface area contributed by atoms with Crippen LogP contribution in [0.15, 0.2) is 64.8 Å². The molecular formula is C34H30ClN10O8S2+. The molecule has 5 aromatic rings. The number of carboxylic acids is 1. The number of aromatic amines is 1. The predicted molar refractivity (Wildman–Crippen MR) is 200 cm³/mol. The lowest BCUT2D eigenvalue weighted by Crippen LogP contribution is -2.61. The van der Waals surface area contributed by atoms with Gasteiger partial charge in [0.05, 0.1) is 38.6 Å². The minimum atomic E-state index is -1.75. The molecule has 0 unspecified atom stereocenters. The van der Waals surface area contributed by atoms with Crippen molar-refractivity contribution in [2.75, 3.05) is 16.8 Å². The number of fused-ring (bicyclic) bond motifs is 2. The van der Waals surface area contributed by atoms with Gasteiger partial charge in [0.15, 0.2) is 40.9 Å². The van der Waals surface area contributed by atoms with Crippen molar-refractivity contribution in [2.24, 2.45) is 11.1 Å². The van der Waals surface area contributed by atoms with Gasteiger partial charge >= 0.3 is 5.97 Å². The molecule has 282 valence electrons. The number of tetrazole rings is 1. The number of aromatic hydroxyl groups is 2. The van der Waals surface area contributed by atoms with E-state index in [1.165, 1.54) is 43.1 Å². The van der Waals surface area contributed by atoms with E-state index in [1.807, 2.05) is 28.8 Å². The van der Waals surface area contributed by atoms with Gasteiger partial charge in [-0.05, 0) is 37.3 Å². The van der Waals surface area contributed by atoms with Crippen molar-refractivity contribution in [3.05, 3.63) is 81.7 Å². The molecule has 1 saturated heterocycles. The minimum Gasteiger partial charge on any atom is -0.504 e. The summed E-state index contributed by atoms with van der Waals surface area (Å²) in [7, 11) is 0. The standard InChI is InChI=1S/C34H29ClN10O8S2/c1-34(2,32(51)52)53-41-25(20-14-55-33(36)38-20)23(47)11-18-30(50)45-26(28-39-42-43-40-28)15(13-54-31(18)45)12-44-10-9-19(16-5-3-4-6-21(16)44)37-29(49)17-7-8-22(46)27(48)24(17)35/h3-10,14,18,31H,11-13H2,1-2H3,(H6,36,38,39,40,41,42,43,46,47,48,49,51,52)/p+1/t18-,31-/m1/s1. The van der Waals surface area contributed by atoms with Crippen LogP contribution in [0.4, 0.5) is 10.8 Å². The number of rotatable bonds is 12. The molecule has 0 spiro atoms. The molecule has 0 radical (unpaired) electrons. The van der Waals surface area contributed by atoms with Crippen molar-refractivity contribution in [3.8, 4) is 11.5 Å². The lowest BCUT2D eigenvalue weighted by Gasteiger charge is -2.49. The Labute approximate surface area is 323 Å². The highest BCUT2D eigenvalue weighted by Crippen LogP contribution is 2.48. The maximum Gasteiger partial charge on any atom is 0.350 e. The summed E-state index contributed by atoms with van der Waals surface area (Å²) in [6.45, 7) is 2.84. The van der Waals surface area contributed by atoms with Crippen LogP contribution < -0.4 is 15.6 Å². The fourth-order valence-corrected chi connectivity index (χ4v) is 8.20. The molecule has 0 bridgehead atoms. The van der Waals surface area contributed by atoms with Crippen molar-refractivity contribution in [2.45, 2.75) is 37.8 Å². The molecule has 2 aromatic carbocycles. The molecule has 7 N–H and O–H groups in total. The summed E-state index contributed by atoms with van der Waals surface area (Å²) >= 11 is 8.65. The van der Waals surface area contributed by atoms with Crippen molar-refractivity contribution in [1.82, 2.24) is 30.5 Å². The molecule has 7 rings (SSSR count). The van der Waals surface area contributed by atoms with Gasteiger partial charge < -0.3 is 31.2 Å². The van der Waals surface area contributed by atoms with Crippen molar-refractivity contribution < 1.29 is 43.9 Å². The number of hydrogen-bond donors (Lipinski definition) is 6. The van der Waals surface area contributed by atoms with Gasteiger partial charge in [-0.3, -0.25) is 19.3 Å². The number of phenols is 2. The molecule has 0 aliphatic carbocycles. The number of nitrogens with one attached hydrogen (secondary N) is 2. The van der Waals surface area contributed by atoms with E-state index in [2.05, 4.69) is 36.1 Å². The molecule has 5 heterocycles. The van der Waals surface area contributed by atoms with E-state index >= 15 is 0 Å². The van der Waals surface area contributed by atoms with Crippen molar-refractivity contribution >= 4 is 91.4 Å². The summed E-state index contributed by atoms with van der Waals surface area (Å²) in [5, 5.41) is 52.0.